The van der Waals surface area contributed by atoms with Crippen molar-refractivity contribution in [2.45, 2.75) is 13.8 Å². The number of carbonyl (C=O) groups excluding carboxylic acids is 1. The Morgan fingerprint density at radius 2 is 2.42 bits per heavy atom. The summed E-state index contributed by atoms with van der Waals surface area (Å²) in [4.78, 5) is 12.7. The summed E-state index contributed by atoms with van der Waals surface area (Å²) in [5, 5.41) is 4.03. The van der Waals surface area contributed by atoms with Gasteiger partial charge in [-0.15, -0.1) is 0 Å². The van der Waals surface area contributed by atoms with Gasteiger partial charge in [0, 0.05) is 25.9 Å². The molecule has 1 aliphatic rings. The predicted molar refractivity (Wildman–Crippen MR) is 47.9 cm³/mol. The first-order valence-electron chi connectivity index (χ1n) is 4.11. The Morgan fingerprint density at radius 3 is 2.83 bits per heavy atom. The van der Waals surface area contributed by atoms with Gasteiger partial charge in [-0.1, -0.05) is 6.92 Å². The molecule has 1 fully saturated rings. The van der Waals surface area contributed by atoms with E-state index in [1.54, 1.807) is 0 Å². The average molecular weight is 169 g/mol. The summed E-state index contributed by atoms with van der Waals surface area (Å²) in [6, 6.07) is 0. The number of hydrogen-bond acceptors (Lipinski definition) is 3. The maximum Gasteiger partial charge on any atom is 0.236 e. The van der Waals surface area contributed by atoms with Crippen molar-refractivity contribution in [3.05, 3.63) is 0 Å². The third-order valence-corrected chi connectivity index (χ3v) is 1.94. The quantitative estimate of drug-likeness (QED) is 0.564. The third-order valence-electron chi connectivity index (χ3n) is 1.94. The van der Waals surface area contributed by atoms with Crippen molar-refractivity contribution in [2.75, 3.05) is 20.1 Å². The number of hydrogen-bond donors (Lipinski definition) is 1. The summed E-state index contributed by atoms with van der Waals surface area (Å²) < 4.78 is 0. The molecule has 1 atom stereocenters. The van der Waals surface area contributed by atoms with E-state index in [1.807, 2.05) is 7.05 Å². The van der Waals surface area contributed by atoms with Crippen molar-refractivity contribution in [2.24, 2.45) is 11.0 Å². The molecule has 0 aliphatic carbocycles. The Kier molecular flexibility index (Phi) is 2.81. The van der Waals surface area contributed by atoms with Crippen LogP contribution < -0.4 is 5.43 Å². The van der Waals surface area contributed by atoms with Gasteiger partial charge in [-0.2, -0.15) is 5.10 Å². The summed E-state index contributed by atoms with van der Waals surface area (Å²) in [6.45, 7) is 5.47. The molecule has 1 N–H and O–H groups in total. The van der Waals surface area contributed by atoms with Crippen LogP contribution in [0.25, 0.3) is 0 Å². The van der Waals surface area contributed by atoms with Crippen LogP contribution in [-0.2, 0) is 4.79 Å². The van der Waals surface area contributed by atoms with Crippen LogP contribution in [0, 0.1) is 5.92 Å². The van der Waals surface area contributed by atoms with E-state index in [9.17, 15) is 4.79 Å². The van der Waals surface area contributed by atoms with E-state index < -0.39 is 0 Å². The van der Waals surface area contributed by atoms with Gasteiger partial charge in [-0.25, -0.2) is 5.43 Å². The molecule has 1 saturated heterocycles. The van der Waals surface area contributed by atoms with Gasteiger partial charge < -0.3 is 4.90 Å². The summed E-state index contributed by atoms with van der Waals surface area (Å²) >= 11 is 0. The maximum absolute atomic E-state index is 10.6. The molecule has 0 saturated carbocycles. The highest BCUT2D eigenvalue weighted by Crippen LogP contribution is 2.10. The van der Waals surface area contributed by atoms with Crippen LogP contribution in [0.15, 0.2) is 5.10 Å². The van der Waals surface area contributed by atoms with E-state index in [0.717, 1.165) is 18.8 Å². The lowest BCUT2D eigenvalue weighted by atomic mass is 10.1. The van der Waals surface area contributed by atoms with Gasteiger partial charge in [0.05, 0.1) is 5.71 Å². The number of nitrogens with one attached hydrogen (secondary N) is 1. The minimum atomic E-state index is -0.107. The normalized spacial score (nSPS) is 27.9. The van der Waals surface area contributed by atoms with Crippen molar-refractivity contribution in [3.8, 4) is 0 Å². The van der Waals surface area contributed by atoms with Gasteiger partial charge in [0.1, 0.15) is 0 Å². The molecular weight excluding hydrogens is 154 g/mol. The van der Waals surface area contributed by atoms with E-state index >= 15 is 0 Å². The van der Waals surface area contributed by atoms with Crippen molar-refractivity contribution in [3.63, 3.8) is 0 Å². The molecule has 68 valence electrons. The standard InChI is InChI=1S/C8H15N3O/c1-6-4-11(3)5-8(6)10-9-7(2)12/h6H,4-5H2,1-3H3,(H,9,12)/b10-8-. The number of hydrazone groups is 1. The molecule has 1 rings (SSSR count). The first-order chi connectivity index (χ1) is 5.59. The van der Waals surface area contributed by atoms with Gasteiger partial charge in [0.15, 0.2) is 0 Å². The fourth-order valence-corrected chi connectivity index (χ4v) is 1.37. The van der Waals surface area contributed by atoms with Crippen LogP contribution in [0.4, 0.5) is 0 Å². The minimum absolute atomic E-state index is 0.107. The second-order valence-corrected chi connectivity index (χ2v) is 3.37. The lowest BCUT2D eigenvalue weighted by Crippen LogP contribution is -2.19. The van der Waals surface area contributed by atoms with E-state index in [-0.39, 0.29) is 5.91 Å². The zero-order valence-corrected chi connectivity index (χ0v) is 7.79. The first kappa shape index (κ1) is 9.19. The molecule has 0 spiro atoms. The van der Waals surface area contributed by atoms with Crippen LogP contribution in [0.3, 0.4) is 0 Å². The molecular formula is C8H15N3O. The highest BCUT2D eigenvalue weighted by Gasteiger charge is 2.22. The van der Waals surface area contributed by atoms with Gasteiger partial charge in [0.2, 0.25) is 5.91 Å². The topological polar surface area (TPSA) is 44.7 Å². The lowest BCUT2D eigenvalue weighted by Gasteiger charge is -2.02. The Hall–Kier alpha value is -0.900. The van der Waals surface area contributed by atoms with E-state index in [0.29, 0.717) is 5.92 Å². The molecule has 0 aromatic rings. The second-order valence-electron chi connectivity index (χ2n) is 3.37. The highest BCUT2D eigenvalue weighted by atomic mass is 16.2. The lowest BCUT2D eigenvalue weighted by molar-refractivity contribution is -0.118. The van der Waals surface area contributed by atoms with E-state index in [4.69, 9.17) is 0 Å². The molecule has 1 aliphatic heterocycles. The summed E-state index contributed by atoms with van der Waals surface area (Å²) in [5.41, 5.74) is 3.52. The van der Waals surface area contributed by atoms with Gasteiger partial charge in [0.25, 0.3) is 0 Å². The zero-order chi connectivity index (χ0) is 9.14. The Labute approximate surface area is 72.6 Å². The molecule has 4 nitrogen and oxygen atoms in total. The number of nitrogens with zero attached hydrogens (tertiary/aromatic N) is 2. The first-order valence-corrected chi connectivity index (χ1v) is 4.11. The number of amides is 1. The average Bonchev–Trinajstić information content (AvgIpc) is 2.26. The Balaban J connectivity index is 2.51. The Morgan fingerprint density at radius 1 is 1.75 bits per heavy atom. The number of likely N-dealkylation sites (tertiary alicyclic amines) is 1. The maximum atomic E-state index is 10.6. The fraction of sp³-hybridized carbons (Fsp3) is 0.750. The van der Waals surface area contributed by atoms with Crippen LogP contribution in [-0.4, -0.2) is 36.7 Å². The fourth-order valence-electron chi connectivity index (χ4n) is 1.37. The van der Waals surface area contributed by atoms with Crippen LogP contribution in [0.1, 0.15) is 13.8 Å². The van der Waals surface area contributed by atoms with Crippen molar-refractivity contribution >= 4 is 11.6 Å². The number of rotatable bonds is 1. The van der Waals surface area contributed by atoms with Crippen molar-refractivity contribution < 1.29 is 4.79 Å². The SMILES string of the molecule is CC(=O)N/N=C1/CN(C)CC1C. The van der Waals surface area contributed by atoms with Gasteiger partial charge in [-0.3, -0.25) is 4.79 Å². The monoisotopic (exact) mass is 169 g/mol. The smallest absolute Gasteiger partial charge is 0.236 e. The molecule has 12 heavy (non-hydrogen) atoms. The summed E-state index contributed by atoms with van der Waals surface area (Å²) in [6.07, 6.45) is 0. The molecule has 0 aromatic heterocycles. The Bertz CT molecular complexity index is 212. The molecule has 0 radical (unpaired) electrons. The summed E-state index contributed by atoms with van der Waals surface area (Å²) in [5.74, 6) is 0.353. The van der Waals surface area contributed by atoms with Crippen molar-refractivity contribution in [1.82, 2.24) is 10.3 Å². The van der Waals surface area contributed by atoms with Gasteiger partial charge in [-0.05, 0) is 7.05 Å². The minimum Gasteiger partial charge on any atom is -0.300 e. The summed E-state index contributed by atoms with van der Waals surface area (Å²) in [7, 11) is 2.05. The van der Waals surface area contributed by atoms with Crippen molar-refractivity contribution in [1.29, 1.82) is 0 Å². The molecule has 4 heteroatoms. The zero-order valence-electron chi connectivity index (χ0n) is 7.79. The highest BCUT2D eigenvalue weighted by molar-refractivity contribution is 5.91. The molecule has 1 amide bonds. The van der Waals surface area contributed by atoms with Crippen LogP contribution in [0.5, 0.6) is 0 Å². The third kappa shape index (κ3) is 2.30. The van der Waals surface area contributed by atoms with E-state index in [2.05, 4.69) is 22.4 Å². The predicted octanol–water partition coefficient (Wildman–Crippen LogP) is 0.0600. The second kappa shape index (κ2) is 3.67. The number of carbonyl (C=O) groups is 1. The van der Waals surface area contributed by atoms with Crippen LogP contribution >= 0.6 is 0 Å². The molecule has 1 heterocycles. The van der Waals surface area contributed by atoms with E-state index in [1.165, 1.54) is 6.92 Å². The van der Waals surface area contributed by atoms with Crippen LogP contribution in [0.2, 0.25) is 0 Å². The molecule has 1 unspecified atom stereocenters. The molecule has 0 aromatic carbocycles. The molecule has 0 bridgehead atoms. The largest absolute Gasteiger partial charge is 0.300 e. The van der Waals surface area contributed by atoms with Gasteiger partial charge >= 0.3 is 0 Å².